The van der Waals surface area contributed by atoms with Crippen LogP contribution in [-0.4, -0.2) is 52.5 Å². The van der Waals surface area contributed by atoms with Crippen LogP contribution < -0.4 is 5.32 Å². The molecular weight excluding hydrogens is 487 g/mol. The summed E-state index contributed by atoms with van der Waals surface area (Å²) in [5, 5.41) is 23.7. The molecule has 3 N–H and O–H groups in total. The number of benzene rings is 2. The van der Waals surface area contributed by atoms with E-state index < -0.39 is 18.2 Å². The molecule has 0 saturated carbocycles. The summed E-state index contributed by atoms with van der Waals surface area (Å²) in [4.78, 5) is 25.0. The number of methoxy groups -OCH3 is 1. The molecule has 3 rings (SSSR count). The van der Waals surface area contributed by atoms with E-state index in [1.807, 2.05) is 55.7 Å². The summed E-state index contributed by atoms with van der Waals surface area (Å²) in [6.45, 7) is 6.20. The maximum atomic E-state index is 13.9. The van der Waals surface area contributed by atoms with Crippen LogP contribution in [0.25, 0.3) is 28.3 Å². The average molecular weight is 523 g/mol. The van der Waals surface area contributed by atoms with E-state index in [2.05, 4.69) is 10.1 Å². The second-order valence-electron chi connectivity index (χ2n) is 9.28. The van der Waals surface area contributed by atoms with Crippen molar-refractivity contribution >= 4 is 18.0 Å². The van der Waals surface area contributed by atoms with E-state index in [4.69, 9.17) is 0 Å². The van der Waals surface area contributed by atoms with Crippen molar-refractivity contribution in [3.8, 4) is 22.3 Å². The zero-order valence-electron chi connectivity index (χ0n) is 22.1. The van der Waals surface area contributed by atoms with Crippen molar-refractivity contribution in [1.82, 2.24) is 9.88 Å². The third kappa shape index (κ3) is 6.76. The fraction of sp³-hybridized carbons (Fsp3) is 0.333. The lowest BCUT2D eigenvalue weighted by Crippen LogP contribution is -2.27. The molecule has 1 amide bonds. The van der Waals surface area contributed by atoms with Gasteiger partial charge in [-0.15, -0.1) is 0 Å². The maximum Gasteiger partial charge on any atom is 0.308 e. The van der Waals surface area contributed by atoms with Gasteiger partial charge < -0.3 is 24.8 Å². The molecule has 0 aliphatic heterocycles. The van der Waals surface area contributed by atoms with Gasteiger partial charge in [-0.25, -0.2) is 4.39 Å². The van der Waals surface area contributed by atoms with Gasteiger partial charge in [0.1, 0.15) is 11.5 Å². The Hall–Kier alpha value is -3.75. The molecule has 0 spiro atoms. The summed E-state index contributed by atoms with van der Waals surface area (Å²) in [5.74, 6) is -1.20. The first-order valence-electron chi connectivity index (χ1n) is 12.7. The largest absolute Gasteiger partial charge is 0.469 e. The van der Waals surface area contributed by atoms with Crippen LogP contribution in [0.2, 0.25) is 0 Å². The summed E-state index contributed by atoms with van der Waals surface area (Å²) in [5.41, 5.74) is 4.02. The SMILES string of the molecule is CCNC(=O)c1c(-c2ccccc2)c(-c2ccc(F)cc2)c(/C=C/[C@@H](O)C[C@@H](O)CC(=O)OC)n1C(C)C. The van der Waals surface area contributed by atoms with Gasteiger partial charge in [0.25, 0.3) is 5.91 Å². The topological polar surface area (TPSA) is 101 Å². The summed E-state index contributed by atoms with van der Waals surface area (Å²) >= 11 is 0. The Balaban J connectivity index is 2.25. The average Bonchev–Trinajstić information content (AvgIpc) is 3.24. The minimum atomic E-state index is -1.08. The number of carbonyl (C=O) groups excluding carboxylic acids is 2. The van der Waals surface area contributed by atoms with Crippen LogP contribution in [0.5, 0.6) is 0 Å². The number of rotatable bonds is 11. The number of nitrogens with zero attached hydrogens (tertiary/aromatic N) is 1. The highest BCUT2D eigenvalue weighted by Gasteiger charge is 2.29. The second-order valence-corrected chi connectivity index (χ2v) is 9.28. The number of esters is 1. The van der Waals surface area contributed by atoms with Gasteiger partial charge in [0.2, 0.25) is 0 Å². The van der Waals surface area contributed by atoms with Crippen LogP contribution in [0.4, 0.5) is 4.39 Å². The Bertz CT molecular complexity index is 1270. The molecule has 0 aliphatic rings. The summed E-state index contributed by atoms with van der Waals surface area (Å²) < 4.78 is 20.4. The quantitative estimate of drug-likeness (QED) is 0.309. The van der Waals surface area contributed by atoms with E-state index in [1.54, 1.807) is 18.2 Å². The fourth-order valence-corrected chi connectivity index (χ4v) is 4.49. The highest BCUT2D eigenvalue weighted by atomic mass is 19.1. The Kier molecular flexibility index (Phi) is 9.98. The first-order valence-corrected chi connectivity index (χ1v) is 12.7. The number of aliphatic hydroxyl groups excluding tert-OH is 2. The Morgan fingerprint density at radius 1 is 1.03 bits per heavy atom. The van der Waals surface area contributed by atoms with Crippen molar-refractivity contribution in [1.29, 1.82) is 0 Å². The van der Waals surface area contributed by atoms with Crippen molar-refractivity contribution < 1.29 is 28.9 Å². The van der Waals surface area contributed by atoms with E-state index in [0.717, 1.165) is 5.56 Å². The Morgan fingerprint density at radius 3 is 2.24 bits per heavy atom. The molecule has 202 valence electrons. The number of halogens is 1. The number of ether oxygens (including phenoxy) is 1. The van der Waals surface area contributed by atoms with Gasteiger partial charge in [0.15, 0.2) is 0 Å². The molecule has 0 saturated heterocycles. The van der Waals surface area contributed by atoms with Gasteiger partial charge in [-0.1, -0.05) is 48.5 Å². The predicted molar refractivity (Wildman–Crippen MR) is 146 cm³/mol. The number of amides is 1. The first-order chi connectivity index (χ1) is 18.2. The molecule has 1 aromatic heterocycles. The number of nitrogens with one attached hydrogen (secondary N) is 1. The lowest BCUT2D eigenvalue weighted by atomic mass is 9.94. The van der Waals surface area contributed by atoms with Crippen molar-refractivity contribution in [3.05, 3.63) is 77.9 Å². The van der Waals surface area contributed by atoms with E-state index >= 15 is 0 Å². The Morgan fingerprint density at radius 2 is 1.66 bits per heavy atom. The van der Waals surface area contributed by atoms with Crippen LogP contribution in [0.1, 0.15) is 55.8 Å². The number of aromatic nitrogens is 1. The molecule has 0 unspecified atom stereocenters. The normalized spacial score (nSPS) is 13.1. The molecule has 3 aromatic rings. The van der Waals surface area contributed by atoms with Crippen LogP contribution in [0.3, 0.4) is 0 Å². The van der Waals surface area contributed by atoms with Gasteiger partial charge in [-0.2, -0.15) is 0 Å². The molecule has 0 bridgehead atoms. The summed E-state index contributed by atoms with van der Waals surface area (Å²) in [6, 6.07) is 15.4. The lowest BCUT2D eigenvalue weighted by molar-refractivity contribution is -0.143. The van der Waals surface area contributed by atoms with Gasteiger partial charge in [-0.3, -0.25) is 9.59 Å². The molecule has 7 nitrogen and oxygen atoms in total. The van der Waals surface area contributed by atoms with Crippen molar-refractivity contribution in [3.63, 3.8) is 0 Å². The summed E-state index contributed by atoms with van der Waals surface area (Å²) in [7, 11) is 1.24. The van der Waals surface area contributed by atoms with E-state index in [-0.39, 0.29) is 30.6 Å². The molecule has 0 fully saturated rings. The number of carbonyl (C=O) groups is 2. The predicted octanol–water partition coefficient (Wildman–Crippen LogP) is 4.98. The monoisotopic (exact) mass is 522 g/mol. The minimum absolute atomic E-state index is 0.0748. The zero-order valence-corrected chi connectivity index (χ0v) is 22.1. The van der Waals surface area contributed by atoms with Crippen LogP contribution in [0, 0.1) is 5.82 Å². The van der Waals surface area contributed by atoms with E-state index in [9.17, 15) is 24.2 Å². The van der Waals surface area contributed by atoms with Gasteiger partial charge in [0.05, 0.1) is 25.7 Å². The molecular formula is C30H35FN2O5. The van der Waals surface area contributed by atoms with E-state index in [1.165, 1.54) is 25.3 Å². The van der Waals surface area contributed by atoms with Crippen LogP contribution in [0.15, 0.2) is 60.7 Å². The maximum absolute atomic E-state index is 13.9. The van der Waals surface area contributed by atoms with E-state index in [0.29, 0.717) is 34.6 Å². The van der Waals surface area contributed by atoms with Gasteiger partial charge >= 0.3 is 5.97 Å². The highest BCUT2D eigenvalue weighted by Crippen LogP contribution is 2.42. The van der Waals surface area contributed by atoms with Crippen LogP contribution >= 0.6 is 0 Å². The molecule has 2 atom stereocenters. The first kappa shape index (κ1) is 28.8. The molecule has 0 radical (unpaired) electrons. The van der Waals surface area contributed by atoms with Gasteiger partial charge in [0, 0.05) is 35.8 Å². The number of hydrogen-bond donors (Lipinski definition) is 3. The Labute approximate surface area is 222 Å². The molecule has 8 heteroatoms. The third-order valence-electron chi connectivity index (χ3n) is 6.13. The summed E-state index contributed by atoms with van der Waals surface area (Å²) in [6.07, 6.45) is 0.778. The van der Waals surface area contributed by atoms with Crippen LogP contribution in [-0.2, 0) is 9.53 Å². The highest BCUT2D eigenvalue weighted by molar-refractivity contribution is 6.06. The van der Waals surface area contributed by atoms with Crippen molar-refractivity contribution in [2.45, 2.75) is 51.9 Å². The van der Waals surface area contributed by atoms with Crippen molar-refractivity contribution in [2.24, 2.45) is 0 Å². The number of hydrogen-bond acceptors (Lipinski definition) is 5. The zero-order chi connectivity index (χ0) is 27.8. The standard InChI is InChI=1S/C30H35FN2O5/c1-5-32-30(37)29-28(20-9-7-6-8-10-20)27(21-11-13-22(31)14-12-21)25(33(29)19(2)3)16-15-23(34)17-24(35)18-26(36)38-4/h6-16,19,23-24,34-35H,5,17-18H2,1-4H3,(H,32,37)/b16-15+/t23-,24-/m1/s1. The lowest BCUT2D eigenvalue weighted by Gasteiger charge is -2.17. The minimum Gasteiger partial charge on any atom is -0.469 e. The smallest absolute Gasteiger partial charge is 0.308 e. The third-order valence-corrected chi connectivity index (χ3v) is 6.13. The molecule has 2 aromatic carbocycles. The number of aliphatic hydroxyl groups is 2. The van der Waals surface area contributed by atoms with Gasteiger partial charge in [-0.05, 0) is 50.1 Å². The second kappa shape index (κ2) is 13.2. The molecule has 1 heterocycles. The molecule has 0 aliphatic carbocycles. The fourth-order valence-electron chi connectivity index (χ4n) is 4.49. The molecule has 38 heavy (non-hydrogen) atoms. The van der Waals surface area contributed by atoms with Crippen molar-refractivity contribution in [2.75, 3.05) is 13.7 Å².